The summed E-state index contributed by atoms with van der Waals surface area (Å²) in [5.74, 6) is 0. The fourth-order valence-corrected chi connectivity index (χ4v) is 2.08. The van der Waals surface area contributed by atoms with Gasteiger partial charge < -0.3 is 0 Å². The first kappa shape index (κ1) is 12.7. The van der Waals surface area contributed by atoms with Crippen molar-refractivity contribution in [3.63, 3.8) is 0 Å². The Labute approximate surface area is 108 Å². The molecule has 94 valence electrons. The maximum atomic E-state index is 4.23. The lowest BCUT2D eigenvalue weighted by molar-refractivity contribution is 0.300. The highest BCUT2D eigenvalue weighted by Crippen LogP contribution is 2.42. The standard InChI is InChI=1S/C15H19N3/c1-14(2,12-6-5-7-16-8-12)15(3,4)13-9-17-11-18-10-13/h5-11H,1-4H3. The largest absolute Gasteiger partial charge is 0.264 e. The molecule has 3 nitrogen and oxygen atoms in total. The molecule has 0 bridgehead atoms. The van der Waals surface area contributed by atoms with Crippen molar-refractivity contribution in [3.05, 3.63) is 54.4 Å². The molecule has 0 aliphatic heterocycles. The van der Waals surface area contributed by atoms with Crippen molar-refractivity contribution in [1.29, 1.82) is 0 Å². The summed E-state index contributed by atoms with van der Waals surface area (Å²) in [5.41, 5.74) is 2.24. The highest BCUT2D eigenvalue weighted by atomic mass is 14.8. The van der Waals surface area contributed by atoms with Gasteiger partial charge in [-0.2, -0.15) is 0 Å². The van der Waals surface area contributed by atoms with E-state index in [1.165, 1.54) is 5.56 Å². The van der Waals surface area contributed by atoms with Crippen molar-refractivity contribution in [1.82, 2.24) is 15.0 Å². The van der Waals surface area contributed by atoms with Crippen molar-refractivity contribution in [3.8, 4) is 0 Å². The summed E-state index contributed by atoms with van der Waals surface area (Å²) in [5, 5.41) is 0. The lowest BCUT2D eigenvalue weighted by Crippen LogP contribution is -2.40. The van der Waals surface area contributed by atoms with E-state index in [1.54, 1.807) is 12.5 Å². The van der Waals surface area contributed by atoms with Gasteiger partial charge in [-0.05, 0) is 17.2 Å². The molecule has 0 aromatic carbocycles. The smallest absolute Gasteiger partial charge is 0.115 e. The third kappa shape index (κ3) is 2.01. The van der Waals surface area contributed by atoms with Gasteiger partial charge >= 0.3 is 0 Å². The second-order valence-electron chi connectivity index (χ2n) is 5.62. The maximum Gasteiger partial charge on any atom is 0.115 e. The van der Waals surface area contributed by atoms with E-state index in [9.17, 15) is 0 Å². The van der Waals surface area contributed by atoms with Gasteiger partial charge in [0, 0.05) is 35.6 Å². The van der Waals surface area contributed by atoms with E-state index in [0.717, 1.165) is 5.56 Å². The predicted molar refractivity (Wildman–Crippen MR) is 72.3 cm³/mol. The summed E-state index contributed by atoms with van der Waals surface area (Å²) < 4.78 is 0. The first-order valence-corrected chi connectivity index (χ1v) is 6.12. The third-order valence-corrected chi connectivity index (χ3v) is 4.23. The van der Waals surface area contributed by atoms with Crippen molar-refractivity contribution in [2.45, 2.75) is 38.5 Å². The molecule has 0 aliphatic rings. The number of aromatic nitrogens is 3. The zero-order valence-corrected chi connectivity index (χ0v) is 11.4. The Morgan fingerprint density at radius 3 is 1.89 bits per heavy atom. The summed E-state index contributed by atoms with van der Waals surface area (Å²) in [4.78, 5) is 12.5. The van der Waals surface area contributed by atoms with Gasteiger partial charge in [-0.1, -0.05) is 33.8 Å². The molecule has 2 aromatic rings. The Morgan fingerprint density at radius 2 is 1.33 bits per heavy atom. The van der Waals surface area contributed by atoms with Gasteiger partial charge in [0.15, 0.2) is 0 Å². The summed E-state index contributed by atoms with van der Waals surface area (Å²) in [6, 6.07) is 4.10. The highest BCUT2D eigenvalue weighted by Gasteiger charge is 2.40. The van der Waals surface area contributed by atoms with E-state index in [-0.39, 0.29) is 10.8 Å². The molecule has 2 aromatic heterocycles. The summed E-state index contributed by atoms with van der Waals surface area (Å²) in [6.45, 7) is 8.91. The lowest BCUT2D eigenvalue weighted by atomic mass is 9.62. The topological polar surface area (TPSA) is 38.7 Å². The third-order valence-electron chi connectivity index (χ3n) is 4.23. The first-order chi connectivity index (χ1) is 8.46. The lowest BCUT2D eigenvalue weighted by Gasteiger charge is -2.42. The van der Waals surface area contributed by atoms with Crippen molar-refractivity contribution >= 4 is 0 Å². The van der Waals surface area contributed by atoms with Crippen LogP contribution < -0.4 is 0 Å². The molecule has 0 amide bonds. The van der Waals surface area contributed by atoms with Crippen LogP contribution in [0.2, 0.25) is 0 Å². The van der Waals surface area contributed by atoms with Crippen LogP contribution in [0.15, 0.2) is 43.2 Å². The fraction of sp³-hybridized carbons (Fsp3) is 0.400. The summed E-state index contributed by atoms with van der Waals surface area (Å²) >= 11 is 0. The monoisotopic (exact) mass is 241 g/mol. The molecule has 0 saturated carbocycles. The minimum atomic E-state index is -0.0721. The zero-order valence-electron chi connectivity index (χ0n) is 11.4. The molecule has 2 rings (SSSR count). The zero-order chi connectivity index (χ0) is 13.2. The quantitative estimate of drug-likeness (QED) is 0.828. The van der Waals surface area contributed by atoms with E-state index < -0.39 is 0 Å². The summed E-state index contributed by atoms with van der Waals surface area (Å²) in [7, 11) is 0. The molecule has 0 radical (unpaired) electrons. The van der Waals surface area contributed by atoms with Gasteiger partial charge in [0.05, 0.1) is 0 Å². The van der Waals surface area contributed by atoms with Crippen LogP contribution in [-0.2, 0) is 10.8 Å². The number of nitrogens with zero attached hydrogens (tertiary/aromatic N) is 3. The summed E-state index contributed by atoms with van der Waals surface area (Å²) in [6.07, 6.45) is 9.09. The van der Waals surface area contributed by atoms with Crippen LogP contribution in [-0.4, -0.2) is 15.0 Å². The molecule has 0 N–H and O–H groups in total. The van der Waals surface area contributed by atoms with E-state index in [4.69, 9.17) is 0 Å². The molecule has 18 heavy (non-hydrogen) atoms. The predicted octanol–water partition coefficient (Wildman–Crippen LogP) is 3.13. The maximum absolute atomic E-state index is 4.23. The molecule has 2 heterocycles. The molecule has 3 heteroatoms. The van der Waals surface area contributed by atoms with Gasteiger partial charge in [0.2, 0.25) is 0 Å². The highest BCUT2D eigenvalue weighted by molar-refractivity contribution is 5.32. The molecular formula is C15H19N3. The fourth-order valence-electron chi connectivity index (χ4n) is 2.08. The number of rotatable bonds is 3. The number of hydrogen-bond acceptors (Lipinski definition) is 3. The Balaban J connectivity index is 2.47. The molecule has 0 aliphatic carbocycles. The van der Waals surface area contributed by atoms with Crippen molar-refractivity contribution in [2.75, 3.05) is 0 Å². The Hall–Kier alpha value is -1.77. The van der Waals surface area contributed by atoms with Crippen LogP contribution in [0, 0.1) is 0 Å². The van der Waals surface area contributed by atoms with Gasteiger partial charge in [0.1, 0.15) is 6.33 Å². The Bertz CT molecular complexity index is 454. The average Bonchev–Trinajstić information content (AvgIpc) is 2.40. The van der Waals surface area contributed by atoms with Gasteiger partial charge in [-0.15, -0.1) is 0 Å². The van der Waals surface area contributed by atoms with E-state index in [2.05, 4.69) is 48.7 Å². The van der Waals surface area contributed by atoms with Crippen LogP contribution in [0.1, 0.15) is 38.8 Å². The minimum absolute atomic E-state index is 0.0496. The van der Waals surface area contributed by atoms with Gasteiger partial charge in [-0.25, -0.2) is 9.97 Å². The van der Waals surface area contributed by atoms with Crippen LogP contribution in [0.25, 0.3) is 0 Å². The first-order valence-electron chi connectivity index (χ1n) is 6.12. The van der Waals surface area contributed by atoms with Gasteiger partial charge in [0.25, 0.3) is 0 Å². The minimum Gasteiger partial charge on any atom is -0.264 e. The molecule has 0 spiro atoms. The van der Waals surface area contributed by atoms with Crippen molar-refractivity contribution < 1.29 is 0 Å². The van der Waals surface area contributed by atoms with Crippen LogP contribution >= 0.6 is 0 Å². The van der Waals surface area contributed by atoms with Crippen LogP contribution in [0.4, 0.5) is 0 Å². The van der Waals surface area contributed by atoms with Gasteiger partial charge in [-0.3, -0.25) is 4.98 Å². The SMILES string of the molecule is CC(C)(c1cccnc1)C(C)(C)c1cncnc1. The Morgan fingerprint density at radius 1 is 0.778 bits per heavy atom. The normalized spacial score (nSPS) is 12.4. The van der Waals surface area contributed by atoms with Crippen molar-refractivity contribution in [2.24, 2.45) is 0 Å². The molecule has 0 unspecified atom stereocenters. The molecular weight excluding hydrogens is 222 g/mol. The number of hydrogen-bond donors (Lipinski definition) is 0. The van der Waals surface area contributed by atoms with E-state index >= 15 is 0 Å². The average molecular weight is 241 g/mol. The van der Waals surface area contributed by atoms with Crippen LogP contribution in [0.3, 0.4) is 0 Å². The number of pyridine rings is 1. The molecule has 0 saturated heterocycles. The second-order valence-corrected chi connectivity index (χ2v) is 5.62. The van der Waals surface area contributed by atoms with E-state index in [1.807, 2.05) is 24.7 Å². The second kappa shape index (κ2) is 4.48. The van der Waals surface area contributed by atoms with E-state index in [0.29, 0.717) is 0 Å². The molecule has 0 atom stereocenters. The Kier molecular flexibility index (Phi) is 3.16. The van der Waals surface area contributed by atoms with Crippen LogP contribution in [0.5, 0.6) is 0 Å². The molecule has 0 fully saturated rings.